The van der Waals surface area contributed by atoms with Crippen molar-refractivity contribution in [1.82, 2.24) is 9.88 Å². The van der Waals surface area contributed by atoms with E-state index in [9.17, 15) is 0 Å². The lowest BCUT2D eigenvalue weighted by molar-refractivity contribution is 0.416. The highest BCUT2D eigenvalue weighted by molar-refractivity contribution is 5.69. The van der Waals surface area contributed by atoms with Crippen molar-refractivity contribution in [2.75, 3.05) is 13.7 Å². The van der Waals surface area contributed by atoms with E-state index in [1.54, 1.807) is 7.11 Å². The van der Waals surface area contributed by atoms with Crippen LogP contribution < -0.4 is 10.1 Å². The molecule has 1 aliphatic rings. The Hall–Kier alpha value is -1.74. The van der Waals surface area contributed by atoms with Crippen LogP contribution in [-0.2, 0) is 20.0 Å². The Morgan fingerprint density at radius 1 is 1.28 bits per heavy atom. The van der Waals surface area contributed by atoms with Crippen molar-refractivity contribution in [3.63, 3.8) is 0 Å². The van der Waals surface area contributed by atoms with Gasteiger partial charge >= 0.3 is 0 Å². The van der Waals surface area contributed by atoms with Crippen molar-refractivity contribution in [1.29, 1.82) is 0 Å². The molecule has 2 heterocycles. The third-order valence-electron chi connectivity index (χ3n) is 3.68. The molecule has 1 aromatic carbocycles. The summed E-state index contributed by atoms with van der Waals surface area (Å²) in [5, 5.41) is 3.42. The Labute approximate surface area is 107 Å². The van der Waals surface area contributed by atoms with Crippen LogP contribution in [-0.4, -0.2) is 18.2 Å². The Morgan fingerprint density at radius 3 is 2.89 bits per heavy atom. The summed E-state index contributed by atoms with van der Waals surface area (Å²) in [7, 11) is 3.87. The Kier molecular flexibility index (Phi) is 2.84. The van der Waals surface area contributed by atoms with E-state index in [2.05, 4.69) is 35.1 Å². The van der Waals surface area contributed by atoms with Crippen molar-refractivity contribution in [3.8, 4) is 17.0 Å². The van der Waals surface area contributed by atoms with Gasteiger partial charge in [0.1, 0.15) is 5.75 Å². The van der Waals surface area contributed by atoms with Crippen molar-refractivity contribution < 1.29 is 4.74 Å². The van der Waals surface area contributed by atoms with Crippen LogP contribution in [0.15, 0.2) is 30.3 Å². The molecule has 0 bridgehead atoms. The van der Waals surface area contributed by atoms with Gasteiger partial charge in [-0.1, -0.05) is 12.1 Å². The van der Waals surface area contributed by atoms with Crippen molar-refractivity contribution >= 4 is 0 Å². The van der Waals surface area contributed by atoms with E-state index in [1.165, 1.54) is 17.0 Å². The minimum atomic E-state index is 0.934. The van der Waals surface area contributed by atoms with Gasteiger partial charge in [0.15, 0.2) is 0 Å². The first-order chi connectivity index (χ1) is 8.81. The van der Waals surface area contributed by atoms with Crippen LogP contribution >= 0.6 is 0 Å². The van der Waals surface area contributed by atoms with E-state index in [-0.39, 0.29) is 0 Å². The maximum Gasteiger partial charge on any atom is 0.128 e. The molecule has 0 aliphatic carbocycles. The van der Waals surface area contributed by atoms with Gasteiger partial charge < -0.3 is 14.6 Å². The van der Waals surface area contributed by atoms with E-state index >= 15 is 0 Å². The van der Waals surface area contributed by atoms with E-state index < -0.39 is 0 Å². The van der Waals surface area contributed by atoms with Crippen LogP contribution in [0.4, 0.5) is 0 Å². The van der Waals surface area contributed by atoms with E-state index in [4.69, 9.17) is 4.74 Å². The largest absolute Gasteiger partial charge is 0.496 e. The highest BCUT2D eigenvalue weighted by atomic mass is 16.5. The molecule has 1 aliphatic heterocycles. The maximum atomic E-state index is 5.46. The van der Waals surface area contributed by atoms with Gasteiger partial charge in [-0.05, 0) is 23.8 Å². The smallest absolute Gasteiger partial charge is 0.128 e. The lowest BCUT2D eigenvalue weighted by Gasteiger charge is -2.15. The fourth-order valence-corrected chi connectivity index (χ4v) is 2.73. The van der Waals surface area contributed by atoms with E-state index in [1.807, 2.05) is 12.1 Å². The van der Waals surface area contributed by atoms with Gasteiger partial charge in [-0.2, -0.15) is 0 Å². The number of nitrogens with zero attached hydrogens (tertiary/aromatic N) is 1. The summed E-state index contributed by atoms with van der Waals surface area (Å²) in [6, 6.07) is 10.5. The summed E-state index contributed by atoms with van der Waals surface area (Å²) in [6.07, 6.45) is 1.10. The predicted octanol–water partition coefficient (Wildman–Crippen LogP) is 2.35. The van der Waals surface area contributed by atoms with Gasteiger partial charge in [-0.25, -0.2) is 0 Å². The molecular formula is C15H18N2O. The number of aromatic nitrogens is 1. The maximum absolute atomic E-state index is 5.46. The second-order valence-corrected chi connectivity index (χ2v) is 4.69. The van der Waals surface area contributed by atoms with Crippen LogP contribution in [0.1, 0.15) is 11.3 Å². The zero-order valence-electron chi connectivity index (χ0n) is 10.9. The molecule has 0 saturated heterocycles. The van der Waals surface area contributed by atoms with E-state index in [0.717, 1.165) is 30.8 Å². The molecule has 0 fully saturated rings. The lowest BCUT2D eigenvalue weighted by atomic mass is 10.1. The number of hydrogen-bond donors (Lipinski definition) is 1. The minimum absolute atomic E-state index is 0.934. The second-order valence-electron chi connectivity index (χ2n) is 4.69. The van der Waals surface area contributed by atoms with Gasteiger partial charge in [-0.3, -0.25) is 0 Å². The van der Waals surface area contributed by atoms with Gasteiger partial charge in [0.2, 0.25) is 0 Å². The summed E-state index contributed by atoms with van der Waals surface area (Å²) in [4.78, 5) is 0. The topological polar surface area (TPSA) is 26.2 Å². The molecular weight excluding hydrogens is 224 g/mol. The molecule has 3 rings (SSSR count). The molecule has 1 N–H and O–H groups in total. The molecule has 0 spiro atoms. The monoisotopic (exact) mass is 242 g/mol. The summed E-state index contributed by atoms with van der Waals surface area (Å²) >= 11 is 0. The molecule has 2 aromatic rings. The third kappa shape index (κ3) is 1.71. The van der Waals surface area contributed by atoms with Crippen molar-refractivity contribution in [3.05, 3.63) is 41.6 Å². The summed E-state index contributed by atoms with van der Waals surface area (Å²) in [6.45, 7) is 2.04. The van der Waals surface area contributed by atoms with Crippen LogP contribution in [0, 0.1) is 0 Å². The Morgan fingerprint density at radius 2 is 2.11 bits per heavy atom. The van der Waals surface area contributed by atoms with E-state index in [0.29, 0.717) is 0 Å². The zero-order chi connectivity index (χ0) is 12.5. The SMILES string of the molecule is COc1ccccc1-c1cc2c(n1C)CCNC2. The van der Waals surface area contributed by atoms with Crippen LogP contribution in [0.2, 0.25) is 0 Å². The second kappa shape index (κ2) is 4.50. The fourth-order valence-electron chi connectivity index (χ4n) is 2.73. The Bertz CT molecular complexity index is 572. The molecule has 3 heteroatoms. The van der Waals surface area contributed by atoms with Crippen molar-refractivity contribution in [2.24, 2.45) is 7.05 Å². The first-order valence-electron chi connectivity index (χ1n) is 6.33. The molecule has 0 saturated carbocycles. The molecule has 18 heavy (non-hydrogen) atoms. The van der Waals surface area contributed by atoms with Gasteiger partial charge in [-0.15, -0.1) is 0 Å². The summed E-state index contributed by atoms with van der Waals surface area (Å²) in [5.74, 6) is 0.934. The van der Waals surface area contributed by atoms with Crippen molar-refractivity contribution in [2.45, 2.75) is 13.0 Å². The van der Waals surface area contributed by atoms with Crippen LogP contribution in [0.3, 0.4) is 0 Å². The predicted molar refractivity (Wildman–Crippen MR) is 72.8 cm³/mol. The number of methoxy groups -OCH3 is 1. The first-order valence-corrected chi connectivity index (χ1v) is 6.33. The summed E-state index contributed by atoms with van der Waals surface area (Å²) < 4.78 is 7.76. The van der Waals surface area contributed by atoms with Gasteiger partial charge in [0.25, 0.3) is 0 Å². The number of nitrogens with one attached hydrogen (secondary N) is 1. The number of fused-ring (bicyclic) bond motifs is 1. The average molecular weight is 242 g/mol. The number of para-hydroxylation sites is 1. The molecule has 1 aromatic heterocycles. The molecule has 94 valence electrons. The standard InChI is InChI=1S/C15H18N2O/c1-17-13-7-8-16-10-11(13)9-14(17)12-5-3-4-6-15(12)18-2/h3-6,9,16H,7-8,10H2,1-2H3. The van der Waals surface area contributed by atoms with Gasteiger partial charge in [0, 0.05) is 37.8 Å². The van der Waals surface area contributed by atoms with Crippen LogP contribution in [0.5, 0.6) is 5.75 Å². The highest BCUT2D eigenvalue weighted by Crippen LogP contribution is 2.33. The zero-order valence-corrected chi connectivity index (χ0v) is 10.9. The molecule has 3 nitrogen and oxygen atoms in total. The minimum Gasteiger partial charge on any atom is -0.496 e. The molecule has 0 amide bonds. The fraction of sp³-hybridized carbons (Fsp3) is 0.333. The van der Waals surface area contributed by atoms with Gasteiger partial charge in [0.05, 0.1) is 12.8 Å². The normalized spacial score (nSPS) is 14.3. The lowest BCUT2D eigenvalue weighted by Crippen LogP contribution is -2.24. The average Bonchev–Trinajstić information content (AvgIpc) is 2.76. The Balaban J connectivity index is 2.14. The van der Waals surface area contributed by atoms with Crippen LogP contribution in [0.25, 0.3) is 11.3 Å². The number of hydrogen-bond acceptors (Lipinski definition) is 2. The first kappa shape index (κ1) is 11.4. The number of ether oxygens (including phenoxy) is 1. The molecule has 0 unspecified atom stereocenters. The molecule has 0 radical (unpaired) electrons. The number of rotatable bonds is 2. The quantitative estimate of drug-likeness (QED) is 0.875. The summed E-state index contributed by atoms with van der Waals surface area (Å²) in [5.41, 5.74) is 5.25. The number of benzene rings is 1. The molecule has 0 atom stereocenters. The highest BCUT2D eigenvalue weighted by Gasteiger charge is 2.18. The third-order valence-corrected chi connectivity index (χ3v) is 3.68.